The summed E-state index contributed by atoms with van der Waals surface area (Å²) in [6.07, 6.45) is 1.26. The van der Waals surface area contributed by atoms with Gasteiger partial charge in [-0.15, -0.1) is 0 Å². The molecule has 3 aromatic rings. The number of aromatic nitrogens is 3. The zero-order chi connectivity index (χ0) is 24.5. The first-order chi connectivity index (χ1) is 16.9. The van der Waals surface area contributed by atoms with Crippen LogP contribution in [0.4, 0.5) is 0 Å². The van der Waals surface area contributed by atoms with Crippen LogP contribution in [-0.4, -0.2) is 51.3 Å². The number of piperidine rings is 1. The first-order valence-corrected chi connectivity index (χ1v) is 12.6. The molecule has 1 aromatic carbocycles. The number of amides is 1. The van der Waals surface area contributed by atoms with Crippen molar-refractivity contribution < 1.29 is 4.79 Å². The molecule has 2 aromatic heterocycles. The number of nitrogens with one attached hydrogen (secondary N) is 1. The van der Waals surface area contributed by atoms with E-state index in [-0.39, 0.29) is 29.4 Å². The van der Waals surface area contributed by atoms with Crippen LogP contribution in [0, 0.1) is 11.8 Å². The first-order valence-electron chi connectivity index (χ1n) is 12.6. The van der Waals surface area contributed by atoms with Crippen molar-refractivity contribution in [2.45, 2.75) is 45.7 Å². The Balaban J connectivity index is 1.22. The summed E-state index contributed by atoms with van der Waals surface area (Å²) in [5, 5.41) is 8.94. The molecule has 1 fully saturated rings. The fourth-order valence-corrected chi connectivity index (χ4v) is 5.65. The molecule has 0 saturated carbocycles. The van der Waals surface area contributed by atoms with Crippen molar-refractivity contribution >= 4 is 16.7 Å². The predicted octanol–water partition coefficient (Wildman–Crippen LogP) is 1.99. The molecule has 2 bridgehead atoms. The van der Waals surface area contributed by atoms with Gasteiger partial charge in [-0.25, -0.2) is 4.68 Å². The lowest BCUT2D eigenvalue weighted by Gasteiger charge is -2.42. The summed E-state index contributed by atoms with van der Waals surface area (Å²) in [5.74, 6) is 1.02. The minimum atomic E-state index is -0.113. The molecule has 1 amide bonds. The number of rotatable bonds is 7. The third kappa shape index (κ3) is 4.93. The van der Waals surface area contributed by atoms with Crippen molar-refractivity contribution in [2.24, 2.45) is 11.8 Å². The zero-order valence-corrected chi connectivity index (χ0v) is 20.4. The van der Waals surface area contributed by atoms with E-state index in [1.54, 1.807) is 12.1 Å². The average Bonchev–Trinajstić information content (AvgIpc) is 2.82. The normalized spacial score (nSPS) is 19.6. The molecule has 0 unspecified atom stereocenters. The zero-order valence-electron chi connectivity index (χ0n) is 20.4. The van der Waals surface area contributed by atoms with Gasteiger partial charge in [0, 0.05) is 62.3 Å². The average molecular weight is 476 g/mol. The Labute approximate surface area is 204 Å². The molecule has 2 aliphatic rings. The van der Waals surface area contributed by atoms with Crippen LogP contribution in [0.25, 0.3) is 10.8 Å². The molecule has 0 spiro atoms. The van der Waals surface area contributed by atoms with Crippen LogP contribution < -0.4 is 16.4 Å². The molecular formula is C27H33N5O3. The summed E-state index contributed by atoms with van der Waals surface area (Å²) < 4.78 is 3.43. The van der Waals surface area contributed by atoms with Gasteiger partial charge in [0.15, 0.2) is 0 Å². The van der Waals surface area contributed by atoms with E-state index in [1.165, 1.54) is 4.68 Å². The highest BCUT2D eigenvalue weighted by molar-refractivity contribution is 5.88. The summed E-state index contributed by atoms with van der Waals surface area (Å²) in [6, 6.07) is 13.0. The molecule has 4 heterocycles. The maximum absolute atomic E-state index is 12.8. The van der Waals surface area contributed by atoms with E-state index < -0.39 is 0 Å². The van der Waals surface area contributed by atoms with E-state index in [0.29, 0.717) is 36.0 Å². The molecule has 1 N–H and O–H groups in total. The second kappa shape index (κ2) is 9.77. The molecule has 8 nitrogen and oxygen atoms in total. The summed E-state index contributed by atoms with van der Waals surface area (Å²) in [7, 11) is 0. The summed E-state index contributed by atoms with van der Waals surface area (Å²) >= 11 is 0. The van der Waals surface area contributed by atoms with E-state index in [1.807, 2.05) is 42.7 Å². The second-order valence-corrected chi connectivity index (χ2v) is 10.4. The minimum Gasteiger partial charge on any atom is -0.354 e. The second-order valence-electron chi connectivity index (χ2n) is 10.4. The van der Waals surface area contributed by atoms with Crippen LogP contribution in [0.15, 0.2) is 52.1 Å². The van der Waals surface area contributed by atoms with E-state index in [0.717, 1.165) is 43.7 Å². The van der Waals surface area contributed by atoms with Crippen LogP contribution in [0.5, 0.6) is 0 Å². The Morgan fingerprint density at radius 2 is 1.86 bits per heavy atom. The monoisotopic (exact) mass is 475 g/mol. The van der Waals surface area contributed by atoms with Crippen molar-refractivity contribution in [2.75, 3.05) is 26.2 Å². The maximum Gasteiger partial charge on any atom is 0.274 e. The number of carbonyl (C=O) groups is 1. The van der Waals surface area contributed by atoms with Crippen LogP contribution in [-0.2, 0) is 24.3 Å². The number of hydrogen-bond acceptors (Lipinski definition) is 5. The Morgan fingerprint density at radius 3 is 2.66 bits per heavy atom. The van der Waals surface area contributed by atoms with Gasteiger partial charge in [-0.1, -0.05) is 38.1 Å². The number of carbonyl (C=O) groups excluding carboxylic acids is 1. The quantitative estimate of drug-likeness (QED) is 0.565. The number of nitrogens with zero attached hydrogens (tertiary/aromatic N) is 4. The Morgan fingerprint density at radius 1 is 1.06 bits per heavy atom. The van der Waals surface area contributed by atoms with E-state index in [2.05, 4.69) is 21.4 Å². The highest BCUT2D eigenvalue weighted by atomic mass is 16.2. The summed E-state index contributed by atoms with van der Waals surface area (Å²) in [6.45, 7) is 8.56. The molecule has 0 aliphatic carbocycles. The highest BCUT2D eigenvalue weighted by Gasteiger charge is 2.34. The van der Waals surface area contributed by atoms with Crippen molar-refractivity contribution in [3.05, 3.63) is 74.6 Å². The van der Waals surface area contributed by atoms with Crippen LogP contribution >= 0.6 is 0 Å². The van der Waals surface area contributed by atoms with Gasteiger partial charge < -0.3 is 14.8 Å². The number of pyridine rings is 1. The molecule has 1 saturated heterocycles. The van der Waals surface area contributed by atoms with Crippen molar-refractivity contribution in [1.29, 1.82) is 0 Å². The lowest BCUT2D eigenvalue weighted by molar-refractivity contribution is -0.120. The van der Waals surface area contributed by atoms with E-state index in [4.69, 9.17) is 0 Å². The third-order valence-electron chi connectivity index (χ3n) is 7.12. The fourth-order valence-electron chi connectivity index (χ4n) is 5.65. The minimum absolute atomic E-state index is 0.0912. The topological polar surface area (TPSA) is 89.2 Å². The highest BCUT2D eigenvalue weighted by Crippen LogP contribution is 2.34. The third-order valence-corrected chi connectivity index (χ3v) is 7.12. The SMILES string of the molecule is CC(C)Cn1nc(CC(=O)NCCN2C[C@H]3C[C@@H](C2)c2cccc(=O)n2C3)c2ccccc2c1=O. The number of benzene rings is 1. The van der Waals surface area contributed by atoms with E-state index >= 15 is 0 Å². The van der Waals surface area contributed by atoms with Gasteiger partial charge in [0.1, 0.15) is 0 Å². The van der Waals surface area contributed by atoms with Crippen LogP contribution in [0.1, 0.15) is 37.6 Å². The Hall–Kier alpha value is -3.26. The Kier molecular flexibility index (Phi) is 6.56. The Bertz CT molecular complexity index is 1360. The molecular weight excluding hydrogens is 442 g/mol. The molecule has 5 rings (SSSR count). The van der Waals surface area contributed by atoms with E-state index in [9.17, 15) is 14.4 Å². The van der Waals surface area contributed by atoms with Gasteiger partial charge in [-0.05, 0) is 30.4 Å². The summed E-state index contributed by atoms with van der Waals surface area (Å²) in [5.41, 5.74) is 1.75. The summed E-state index contributed by atoms with van der Waals surface area (Å²) in [4.78, 5) is 40.2. The molecule has 184 valence electrons. The molecule has 0 radical (unpaired) electrons. The number of hydrogen-bond donors (Lipinski definition) is 1. The lowest BCUT2D eigenvalue weighted by atomic mass is 9.83. The number of fused-ring (bicyclic) bond motifs is 5. The van der Waals surface area contributed by atoms with Crippen LogP contribution in [0.3, 0.4) is 0 Å². The maximum atomic E-state index is 12.8. The van der Waals surface area contributed by atoms with Gasteiger partial charge >= 0.3 is 0 Å². The van der Waals surface area contributed by atoms with Gasteiger partial charge in [0.2, 0.25) is 5.91 Å². The molecule has 35 heavy (non-hydrogen) atoms. The van der Waals surface area contributed by atoms with Crippen molar-refractivity contribution in [1.82, 2.24) is 24.6 Å². The molecule has 2 atom stereocenters. The largest absolute Gasteiger partial charge is 0.354 e. The number of likely N-dealkylation sites (tertiary alicyclic amines) is 1. The van der Waals surface area contributed by atoms with Crippen LogP contribution in [0.2, 0.25) is 0 Å². The van der Waals surface area contributed by atoms with Gasteiger partial charge in [0.05, 0.1) is 17.5 Å². The standard InChI is InChI=1S/C27H33N5O3/c1-18(2)14-32-27(35)22-7-4-3-6-21(22)23(29-32)13-25(33)28-10-11-30-15-19-12-20(17-30)24-8-5-9-26(34)31(24)16-19/h3-9,18-20H,10-17H2,1-2H3,(H,28,33)/t19-,20+/m1/s1. The van der Waals surface area contributed by atoms with Gasteiger partial charge in [-0.3, -0.25) is 14.4 Å². The molecule has 2 aliphatic heterocycles. The molecule has 8 heteroatoms. The lowest BCUT2D eigenvalue weighted by Crippen LogP contribution is -2.48. The smallest absolute Gasteiger partial charge is 0.274 e. The first kappa shape index (κ1) is 23.5. The van der Waals surface area contributed by atoms with Crippen molar-refractivity contribution in [3.63, 3.8) is 0 Å². The fraction of sp³-hybridized carbons (Fsp3) is 0.481. The van der Waals surface area contributed by atoms with Gasteiger partial charge in [-0.2, -0.15) is 5.10 Å². The van der Waals surface area contributed by atoms with Crippen molar-refractivity contribution in [3.8, 4) is 0 Å². The predicted molar refractivity (Wildman–Crippen MR) is 136 cm³/mol. The van der Waals surface area contributed by atoms with Gasteiger partial charge in [0.25, 0.3) is 11.1 Å².